The standard InChI is InChI=1S/C8H6FNO2/c9-5-1-4-2-7(12)10-8(4)6(11)3-5/h1,3,11H,2H2,(H,10,12). The molecule has 2 N–H and O–H groups in total. The molecule has 0 radical (unpaired) electrons. The Balaban J connectivity index is 2.59. The molecule has 0 aromatic heterocycles. The Morgan fingerprint density at radius 2 is 2.25 bits per heavy atom. The number of phenolic OH excluding ortho intramolecular Hbond substituents is 1. The summed E-state index contributed by atoms with van der Waals surface area (Å²) in [5.74, 6) is -0.954. The molecule has 1 heterocycles. The first kappa shape index (κ1) is 7.09. The number of hydrogen-bond donors (Lipinski definition) is 2. The largest absolute Gasteiger partial charge is 0.506 e. The molecular formula is C8H6FNO2. The number of carbonyl (C=O) groups is 1. The van der Waals surface area contributed by atoms with Gasteiger partial charge in [-0.3, -0.25) is 4.79 Å². The van der Waals surface area contributed by atoms with Crippen LogP contribution in [0.4, 0.5) is 10.1 Å². The van der Waals surface area contributed by atoms with E-state index in [1.165, 1.54) is 6.07 Å². The number of halogens is 1. The van der Waals surface area contributed by atoms with E-state index < -0.39 is 5.82 Å². The van der Waals surface area contributed by atoms with Gasteiger partial charge in [-0.2, -0.15) is 0 Å². The average molecular weight is 167 g/mol. The van der Waals surface area contributed by atoms with Crippen LogP contribution >= 0.6 is 0 Å². The van der Waals surface area contributed by atoms with Crippen molar-refractivity contribution in [3.05, 3.63) is 23.5 Å². The van der Waals surface area contributed by atoms with Crippen LogP contribution in [0.3, 0.4) is 0 Å². The van der Waals surface area contributed by atoms with E-state index in [2.05, 4.69) is 5.32 Å². The molecule has 1 amide bonds. The Hall–Kier alpha value is -1.58. The van der Waals surface area contributed by atoms with E-state index in [9.17, 15) is 14.3 Å². The summed E-state index contributed by atoms with van der Waals surface area (Å²) in [6.07, 6.45) is 0.140. The Morgan fingerprint density at radius 3 is 3.00 bits per heavy atom. The summed E-state index contributed by atoms with van der Waals surface area (Å²) in [5, 5.41) is 11.6. The van der Waals surface area contributed by atoms with Crippen LogP contribution in [0.25, 0.3) is 0 Å². The minimum absolute atomic E-state index is 0.140. The summed E-state index contributed by atoms with van der Waals surface area (Å²) >= 11 is 0. The van der Waals surface area contributed by atoms with Crippen molar-refractivity contribution in [3.8, 4) is 5.75 Å². The van der Waals surface area contributed by atoms with Crippen LogP contribution in [0, 0.1) is 5.82 Å². The van der Waals surface area contributed by atoms with Crippen LogP contribution in [0.5, 0.6) is 5.75 Å². The number of phenols is 1. The number of anilines is 1. The van der Waals surface area contributed by atoms with Crippen LogP contribution in [0.1, 0.15) is 5.56 Å². The lowest BCUT2D eigenvalue weighted by molar-refractivity contribution is -0.115. The number of benzene rings is 1. The Kier molecular flexibility index (Phi) is 1.30. The number of fused-ring (bicyclic) bond motifs is 1. The molecule has 4 heteroatoms. The van der Waals surface area contributed by atoms with E-state index in [1.807, 2.05) is 0 Å². The van der Waals surface area contributed by atoms with Gasteiger partial charge in [-0.1, -0.05) is 0 Å². The highest BCUT2D eigenvalue weighted by Crippen LogP contribution is 2.32. The lowest BCUT2D eigenvalue weighted by atomic mass is 10.1. The fourth-order valence-electron chi connectivity index (χ4n) is 1.29. The zero-order chi connectivity index (χ0) is 8.72. The van der Waals surface area contributed by atoms with Crippen molar-refractivity contribution in [2.24, 2.45) is 0 Å². The van der Waals surface area contributed by atoms with E-state index in [0.717, 1.165) is 6.07 Å². The van der Waals surface area contributed by atoms with Crippen molar-refractivity contribution in [3.63, 3.8) is 0 Å². The predicted molar refractivity (Wildman–Crippen MR) is 40.4 cm³/mol. The highest BCUT2D eigenvalue weighted by Gasteiger charge is 2.21. The lowest BCUT2D eigenvalue weighted by Gasteiger charge is -2.00. The van der Waals surface area contributed by atoms with E-state index in [-0.39, 0.29) is 18.1 Å². The number of carbonyl (C=O) groups excluding carboxylic acids is 1. The molecule has 0 bridgehead atoms. The quantitative estimate of drug-likeness (QED) is 0.567. The van der Waals surface area contributed by atoms with Gasteiger partial charge in [0.15, 0.2) is 0 Å². The molecule has 12 heavy (non-hydrogen) atoms. The first-order valence-corrected chi connectivity index (χ1v) is 3.48. The molecule has 0 aliphatic carbocycles. The van der Waals surface area contributed by atoms with Crippen molar-refractivity contribution in [2.45, 2.75) is 6.42 Å². The van der Waals surface area contributed by atoms with Crippen molar-refractivity contribution >= 4 is 11.6 Å². The van der Waals surface area contributed by atoms with Crippen molar-refractivity contribution in [1.29, 1.82) is 0 Å². The monoisotopic (exact) mass is 167 g/mol. The van der Waals surface area contributed by atoms with Gasteiger partial charge < -0.3 is 10.4 Å². The molecule has 1 aliphatic rings. The highest BCUT2D eigenvalue weighted by atomic mass is 19.1. The molecule has 3 nitrogen and oxygen atoms in total. The van der Waals surface area contributed by atoms with E-state index >= 15 is 0 Å². The second-order valence-corrected chi connectivity index (χ2v) is 2.68. The third-order valence-electron chi connectivity index (χ3n) is 1.78. The van der Waals surface area contributed by atoms with Crippen molar-refractivity contribution < 1.29 is 14.3 Å². The minimum Gasteiger partial charge on any atom is -0.506 e. The second-order valence-electron chi connectivity index (χ2n) is 2.68. The van der Waals surface area contributed by atoms with Gasteiger partial charge in [0.2, 0.25) is 5.91 Å². The van der Waals surface area contributed by atoms with E-state index in [4.69, 9.17) is 0 Å². The molecule has 0 saturated heterocycles. The van der Waals surface area contributed by atoms with Gasteiger partial charge in [0, 0.05) is 6.07 Å². The molecule has 1 aliphatic heterocycles. The molecule has 0 saturated carbocycles. The first-order valence-electron chi connectivity index (χ1n) is 3.48. The van der Waals surface area contributed by atoms with Crippen LogP contribution < -0.4 is 5.32 Å². The number of aromatic hydroxyl groups is 1. The van der Waals surface area contributed by atoms with Crippen LogP contribution in [0.15, 0.2) is 12.1 Å². The summed E-state index contributed by atoms with van der Waals surface area (Å²) in [4.78, 5) is 10.8. The number of hydrogen-bond acceptors (Lipinski definition) is 2. The molecule has 0 spiro atoms. The van der Waals surface area contributed by atoms with Gasteiger partial charge in [0.05, 0.1) is 12.1 Å². The van der Waals surface area contributed by atoms with Gasteiger partial charge >= 0.3 is 0 Å². The summed E-state index contributed by atoms with van der Waals surface area (Å²) in [7, 11) is 0. The second kappa shape index (κ2) is 2.20. The lowest BCUT2D eigenvalue weighted by Crippen LogP contribution is -2.03. The minimum atomic E-state index is -0.525. The Labute approximate surface area is 67.8 Å². The van der Waals surface area contributed by atoms with Gasteiger partial charge in [0.1, 0.15) is 11.6 Å². The van der Waals surface area contributed by atoms with Crippen LogP contribution in [-0.2, 0) is 11.2 Å². The molecule has 62 valence electrons. The average Bonchev–Trinajstić information content (AvgIpc) is 2.29. The number of amides is 1. The summed E-state index contributed by atoms with van der Waals surface area (Å²) in [6.45, 7) is 0. The maximum atomic E-state index is 12.7. The zero-order valence-electron chi connectivity index (χ0n) is 6.10. The van der Waals surface area contributed by atoms with Crippen molar-refractivity contribution in [1.82, 2.24) is 0 Å². The zero-order valence-corrected chi connectivity index (χ0v) is 6.10. The molecule has 0 unspecified atom stereocenters. The highest BCUT2D eigenvalue weighted by molar-refractivity contribution is 6.00. The smallest absolute Gasteiger partial charge is 0.228 e. The van der Waals surface area contributed by atoms with E-state index in [0.29, 0.717) is 11.3 Å². The fraction of sp³-hybridized carbons (Fsp3) is 0.125. The fourth-order valence-corrected chi connectivity index (χ4v) is 1.29. The first-order chi connectivity index (χ1) is 5.66. The topological polar surface area (TPSA) is 49.3 Å². The van der Waals surface area contributed by atoms with Crippen LogP contribution in [0.2, 0.25) is 0 Å². The Bertz CT molecular complexity index is 362. The van der Waals surface area contributed by atoms with E-state index in [1.54, 1.807) is 0 Å². The maximum Gasteiger partial charge on any atom is 0.228 e. The summed E-state index contributed by atoms with van der Waals surface area (Å²) < 4.78 is 12.7. The number of nitrogens with one attached hydrogen (secondary N) is 1. The van der Waals surface area contributed by atoms with Gasteiger partial charge in [0.25, 0.3) is 0 Å². The van der Waals surface area contributed by atoms with Crippen LogP contribution in [-0.4, -0.2) is 11.0 Å². The van der Waals surface area contributed by atoms with Gasteiger partial charge in [-0.25, -0.2) is 4.39 Å². The Morgan fingerprint density at radius 1 is 1.50 bits per heavy atom. The molecule has 1 aromatic rings. The van der Waals surface area contributed by atoms with Gasteiger partial charge in [-0.05, 0) is 11.6 Å². The molecular weight excluding hydrogens is 161 g/mol. The molecule has 0 fully saturated rings. The predicted octanol–water partition coefficient (Wildman–Crippen LogP) is 1.03. The third kappa shape index (κ3) is 0.922. The SMILES string of the molecule is O=C1Cc2cc(F)cc(O)c2N1. The molecule has 1 aromatic carbocycles. The molecule has 2 rings (SSSR count). The van der Waals surface area contributed by atoms with Crippen molar-refractivity contribution in [2.75, 3.05) is 5.32 Å². The third-order valence-corrected chi connectivity index (χ3v) is 1.78. The summed E-state index contributed by atoms with van der Waals surface area (Å²) in [5.41, 5.74) is 0.846. The summed E-state index contributed by atoms with van der Waals surface area (Å²) in [6, 6.07) is 2.22. The molecule has 0 atom stereocenters. The normalized spacial score (nSPS) is 14.2. The number of rotatable bonds is 0. The maximum absolute atomic E-state index is 12.7. The van der Waals surface area contributed by atoms with Gasteiger partial charge in [-0.15, -0.1) is 0 Å².